The number of halogens is 1. The van der Waals surface area contributed by atoms with E-state index >= 15 is 0 Å². The van der Waals surface area contributed by atoms with Gasteiger partial charge in [-0.15, -0.1) is 11.3 Å². The smallest absolute Gasteiger partial charge is 0.270 e. The molecule has 1 heterocycles. The number of rotatable bonds is 8. The molecule has 0 unspecified atom stereocenters. The Balaban J connectivity index is 2.31. The summed E-state index contributed by atoms with van der Waals surface area (Å²) in [4.78, 5) is 12.3. The van der Waals surface area contributed by atoms with Gasteiger partial charge in [-0.3, -0.25) is 4.79 Å². The molecule has 0 aliphatic rings. The molecule has 0 bridgehead atoms. The first-order valence-corrected chi connectivity index (χ1v) is 9.29. The summed E-state index contributed by atoms with van der Waals surface area (Å²) in [5, 5.41) is 2.71. The maximum atomic E-state index is 11.6. The van der Waals surface area contributed by atoms with Crippen molar-refractivity contribution in [2.45, 2.75) is 24.5 Å². The lowest BCUT2D eigenvalue weighted by molar-refractivity contribution is -0.120. The van der Waals surface area contributed by atoms with Gasteiger partial charge >= 0.3 is 0 Å². The van der Waals surface area contributed by atoms with Crippen molar-refractivity contribution in [3.05, 3.63) is 17.0 Å². The highest BCUT2D eigenvalue weighted by molar-refractivity contribution is 8.15. The normalized spacial score (nSPS) is 11.8. The minimum atomic E-state index is -3.71. The zero-order chi connectivity index (χ0) is 15.2. The van der Waals surface area contributed by atoms with Crippen molar-refractivity contribution in [1.82, 2.24) is 5.32 Å². The molecule has 0 fully saturated rings. The highest BCUT2D eigenvalue weighted by Gasteiger charge is 2.14. The van der Waals surface area contributed by atoms with E-state index in [1.165, 1.54) is 6.07 Å². The van der Waals surface area contributed by atoms with Crippen molar-refractivity contribution < 1.29 is 17.9 Å². The molecule has 1 N–H and O–H groups in total. The van der Waals surface area contributed by atoms with Gasteiger partial charge in [0.15, 0.2) is 0 Å². The van der Waals surface area contributed by atoms with Gasteiger partial charge in [-0.1, -0.05) is 13.8 Å². The molecule has 5 nitrogen and oxygen atoms in total. The van der Waals surface area contributed by atoms with Crippen molar-refractivity contribution in [3.8, 4) is 0 Å². The van der Waals surface area contributed by atoms with Crippen LogP contribution in [0.25, 0.3) is 0 Å². The van der Waals surface area contributed by atoms with Crippen LogP contribution in [0.15, 0.2) is 16.3 Å². The quantitative estimate of drug-likeness (QED) is 0.581. The predicted molar refractivity (Wildman–Crippen MR) is 79.7 cm³/mol. The second kappa shape index (κ2) is 7.97. The van der Waals surface area contributed by atoms with Crippen LogP contribution in [0.3, 0.4) is 0 Å². The van der Waals surface area contributed by atoms with E-state index in [4.69, 9.17) is 15.4 Å². The van der Waals surface area contributed by atoms with Crippen LogP contribution >= 0.6 is 22.0 Å². The molecular formula is C12H18ClNO4S2. The Morgan fingerprint density at radius 2 is 2.15 bits per heavy atom. The number of nitrogens with one attached hydrogen (secondary N) is 1. The van der Waals surface area contributed by atoms with Gasteiger partial charge in [0.1, 0.15) is 4.21 Å². The number of thiophene rings is 1. The second-order valence-corrected chi connectivity index (χ2v) is 8.62. The van der Waals surface area contributed by atoms with E-state index in [0.29, 0.717) is 30.6 Å². The van der Waals surface area contributed by atoms with Crippen LogP contribution in [0, 0.1) is 5.92 Å². The third-order valence-corrected chi connectivity index (χ3v) is 5.41. The molecule has 0 saturated carbocycles. The van der Waals surface area contributed by atoms with E-state index in [2.05, 4.69) is 19.2 Å². The molecule has 0 atom stereocenters. The van der Waals surface area contributed by atoms with E-state index in [9.17, 15) is 13.2 Å². The zero-order valence-electron chi connectivity index (χ0n) is 11.4. The fraction of sp³-hybridized carbons (Fsp3) is 0.583. The summed E-state index contributed by atoms with van der Waals surface area (Å²) in [5.41, 5.74) is 0. The molecule has 8 heteroatoms. The van der Waals surface area contributed by atoms with Crippen molar-refractivity contribution in [2.75, 3.05) is 19.8 Å². The Bertz CT molecular complexity index is 539. The number of carbonyl (C=O) groups is 1. The second-order valence-electron chi connectivity index (χ2n) is 4.65. The monoisotopic (exact) mass is 339 g/mol. The van der Waals surface area contributed by atoms with E-state index in [0.717, 1.165) is 11.3 Å². The lowest BCUT2D eigenvalue weighted by Gasteiger charge is -2.07. The van der Waals surface area contributed by atoms with Crippen LogP contribution in [0.5, 0.6) is 0 Å². The maximum Gasteiger partial charge on any atom is 0.270 e. The lowest BCUT2D eigenvalue weighted by Crippen LogP contribution is -2.28. The Kier molecular flexibility index (Phi) is 6.94. The fourth-order valence-corrected chi connectivity index (χ4v) is 3.51. The minimum absolute atomic E-state index is 0.0576. The molecule has 114 valence electrons. The first-order valence-electron chi connectivity index (χ1n) is 6.17. The summed E-state index contributed by atoms with van der Waals surface area (Å²) in [6, 6.07) is 3.00. The molecule has 0 aliphatic carbocycles. The van der Waals surface area contributed by atoms with Gasteiger partial charge in [0.25, 0.3) is 9.05 Å². The number of amides is 1. The Morgan fingerprint density at radius 1 is 1.45 bits per heavy atom. The Hall–Kier alpha value is -0.630. The fourth-order valence-electron chi connectivity index (χ4n) is 1.39. The zero-order valence-corrected chi connectivity index (χ0v) is 13.8. The highest BCUT2D eigenvalue weighted by atomic mass is 35.7. The highest BCUT2D eigenvalue weighted by Crippen LogP contribution is 2.24. The molecule has 0 aromatic carbocycles. The number of hydrogen-bond donors (Lipinski definition) is 1. The minimum Gasteiger partial charge on any atom is -0.379 e. The van der Waals surface area contributed by atoms with E-state index in [-0.39, 0.29) is 16.5 Å². The molecule has 0 radical (unpaired) electrons. The molecule has 1 amide bonds. The van der Waals surface area contributed by atoms with Gasteiger partial charge in [0.05, 0.1) is 13.0 Å². The molecule has 0 saturated heterocycles. The van der Waals surface area contributed by atoms with Crippen molar-refractivity contribution >= 4 is 37.0 Å². The van der Waals surface area contributed by atoms with Crippen LogP contribution in [-0.2, 0) is 25.0 Å². The van der Waals surface area contributed by atoms with Gasteiger partial charge in [-0.05, 0) is 18.1 Å². The number of ether oxygens (including phenoxy) is 1. The van der Waals surface area contributed by atoms with Crippen LogP contribution < -0.4 is 5.32 Å². The van der Waals surface area contributed by atoms with Crippen LogP contribution in [-0.4, -0.2) is 34.1 Å². The van der Waals surface area contributed by atoms with E-state index in [1.807, 2.05) is 0 Å². The lowest BCUT2D eigenvalue weighted by atomic mass is 10.2. The third kappa shape index (κ3) is 6.69. The molecule has 1 aromatic rings. The first kappa shape index (κ1) is 17.4. The average Bonchev–Trinajstić information content (AvgIpc) is 2.76. The average molecular weight is 340 g/mol. The molecule has 0 aliphatic heterocycles. The van der Waals surface area contributed by atoms with Crippen LogP contribution in [0.1, 0.15) is 18.7 Å². The third-order valence-electron chi connectivity index (χ3n) is 2.23. The van der Waals surface area contributed by atoms with Gasteiger partial charge < -0.3 is 10.1 Å². The summed E-state index contributed by atoms with van der Waals surface area (Å²) in [7, 11) is 1.51. The van der Waals surface area contributed by atoms with E-state index in [1.54, 1.807) is 6.07 Å². The number of carbonyl (C=O) groups excluding carboxylic acids is 1. The molecule has 1 aromatic heterocycles. The summed E-state index contributed by atoms with van der Waals surface area (Å²) < 4.78 is 27.6. The SMILES string of the molecule is CC(C)COCCNC(=O)Cc1ccc(S(=O)(=O)Cl)s1. The van der Waals surface area contributed by atoms with Crippen molar-refractivity contribution in [3.63, 3.8) is 0 Å². The summed E-state index contributed by atoms with van der Waals surface area (Å²) in [5.74, 6) is 0.297. The van der Waals surface area contributed by atoms with Gasteiger partial charge in [-0.2, -0.15) is 0 Å². The number of hydrogen-bond acceptors (Lipinski definition) is 5. The van der Waals surface area contributed by atoms with Crippen LogP contribution in [0.4, 0.5) is 0 Å². The molecule has 20 heavy (non-hydrogen) atoms. The van der Waals surface area contributed by atoms with Crippen molar-refractivity contribution in [2.24, 2.45) is 5.92 Å². The van der Waals surface area contributed by atoms with E-state index < -0.39 is 9.05 Å². The topological polar surface area (TPSA) is 72.5 Å². The summed E-state index contributed by atoms with van der Waals surface area (Å²) >= 11 is 1.00. The molecular weight excluding hydrogens is 322 g/mol. The summed E-state index contributed by atoms with van der Waals surface area (Å²) in [6.45, 7) is 5.68. The standard InChI is InChI=1S/C12H18ClNO4S2/c1-9(2)8-18-6-5-14-11(15)7-10-3-4-12(19-10)20(13,16)17/h3-4,9H,5-8H2,1-2H3,(H,14,15). The van der Waals surface area contributed by atoms with Gasteiger partial charge in [0.2, 0.25) is 5.91 Å². The molecule has 1 rings (SSSR count). The van der Waals surface area contributed by atoms with Crippen LogP contribution in [0.2, 0.25) is 0 Å². The largest absolute Gasteiger partial charge is 0.379 e. The maximum absolute atomic E-state index is 11.6. The Labute approximate surface area is 127 Å². The van der Waals surface area contributed by atoms with Gasteiger partial charge in [0, 0.05) is 28.7 Å². The van der Waals surface area contributed by atoms with Gasteiger partial charge in [-0.25, -0.2) is 8.42 Å². The van der Waals surface area contributed by atoms with Crippen molar-refractivity contribution in [1.29, 1.82) is 0 Å². The predicted octanol–water partition coefficient (Wildman–Crippen LogP) is 2.01. The Morgan fingerprint density at radius 3 is 2.70 bits per heavy atom. The molecule has 0 spiro atoms. The first-order chi connectivity index (χ1) is 9.29. The summed E-state index contributed by atoms with van der Waals surface area (Å²) in [6.07, 6.45) is 0.140.